The van der Waals surface area contributed by atoms with Gasteiger partial charge in [0, 0.05) is 24.7 Å². The number of nitrogens with zero attached hydrogens (tertiary/aromatic N) is 2. The lowest BCUT2D eigenvalue weighted by Gasteiger charge is -2.39. The first kappa shape index (κ1) is 28.6. The van der Waals surface area contributed by atoms with Gasteiger partial charge in [0.25, 0.3) is 21.6 Å². The van der Waals surface area contributed by atoms with Gasteiger partial charge in [-0.15, -0.1) is 0 Å². The molecule has 1 N–H and O–H groups in total. The van der Waals surface area contributed by atoms with Crippen LogP contribution in [0.4, 0.5) is 11.4 Å². The maximum atomic E-state index is 13.1. The van der Waals surface area contributed by atoms with E-state index in [1.54, 1.807) is 4.90 Å². The van der Waals surface area contributed by atoms with Crippen LogP contribution in [0.15, 0.2) is 41.3 Å². The summed E-state index contributed by atoms with van der Waals surface area (Å²) in [5.74, 6) is -1.21. The Balaban J connectivity index is 1.49. The largest absolute Gasteiger partial charge is 0.495 e. The molecular formula is C26H30ClN3O8S. The van der Waals surface area contributed by atoms with Crippen LogP contribution >= 0.6 is 11.6 Å². The zero-order valence-corrected chi connectivity index (χ0v) is 23.6. The number of methoxy groups -OCH3 is 1. The number of fused-ring (bicyclic) bond motifs is 2. The monoisotopic (exact) mass is 579 g/mol. The number of halogens is 1. The van der Waals surface area contributed by atoms with Gasteiger partial charge in [-0.2, -0.15) is 0 Å². The second kappa shape index (κ2) is 10.3. The number of nitro groups is 1. The third-order valence-corrected chi connectivity index (χ3v) is 8.86. The first-order valence-electron chi connectivity index (χ1n) is 12.2. The second-order valence-corrected chi connectivity index (χ2v) is 13.3. The van der Waals surface area contributed by atoms with Crippen molar-refractivity contribution in [1.29, 1.82) is 0 Å². The highest BCUT2D eigenvalue weighted by Gasteiger charge is 2.51. The predicted molar refractivity (Wildman–Crippen MR) is 143 cm³/mol. The van der Waals surface area contributed by atoms with Crippen LogP contribution < -0.4 is 9.46 Å². The van der Waals surface area contributed by atoms with Gasteiger partial charge in [0.1, 0.15) is 5.75 Å². The molecule has 1 saturated carbocycles. The molecule has 11 nitrogen and oxygen atoms in total. The number of anilines is 1. The minimum Gasteiger partial charge on any atom is -0.495 e. The number of carbonyl (C=O) groups excluding carboxylic acids is 2. The molecule has 210 valence electrons. The van der Waals surface area contributed by atoms with Crippen molar-refractivity contribution in [2.24, 2.45) is 10.8 Å². The molecule has 1 amide bonds. The van der Waals surface area contributed by atoms with Crippen molar-refractivity contribution < 1.29 is 32.4 Å². The number of benzene rings is 2. The Labute approximate surface area is 231 Å². The van der Waals surface area contributed by atoms with Gasteiger partial charge in [0.05, 0.1) is 33.2 Å². The summed E-state index contributed by atoms with van der Waals surface area (Å²) >= 11 is 6.16. The van der Waals surface area contributed by atoms with Crippen LogP contribution in [0.2, 0.25) is 5.02 Å². The molecule has 0 aromatic heterocycles. The molecule has 39 heavy (non-hydrogen) atoms. The van der Waals surface area contributed by atoms with E-state index >= 15 is 0 Å². The Morgan fingerprint density at radius 2 is 1.90 bits per heavy atom. The van der Waals surface area contributed by atoms with Gasteiger partial charge in [-0.1, -0.05) is 32.4 Å². The second-order valence-electron chi connectivity index (χ2n) is 11.2. The molecule has 2 atom stereocenters. The van der Waals surface area contributed by atoms with Crippen LogP contribution in [0.25, 0.3) is 0 Å². The van der Waals surface area contributed by atoms with E-state index in [2.05, 4.69) is 25.5 Å². The van der Waals surface area contributed by atoms with Crippen LogP contribution in [-0.4, -0.2) is 56.4 Å². The van der Waals surface area contributed by atoms with Gasteiger partial charge in [-0.05, 0) is 54.4 Å². The zero-order valence-electron chi connectivity index (χ0n) is 22.0. The molecule has 1 saturated heterocycles. The maximum Gasteiger partial charge on any atom is 0.340 e. The van der Waals surface area contributed by atoms with Crippen LogP contribution in [0.3, 0.4) is 0 Å². The van der Waals surface area contributed by atoms with Crippen LogP contribution in [0, 0.1) is 20.9 Å². The molecule has 0 spiro atoms. The number of nitro benzene ring substituents is 1. The molecule has 1 aliphatic heterocycles. The van der Waals surface area contributed by atoms with Crippen molar-refractivity contribution in [3.05, 3.63) is 57.1 Å². The third-order valence-electron chi connectivity index (χ3n) is 7.17. The fourth-order valence-electron chi connectivity index (χ4n) is 5.96. The predicted octanol–water partition coefficient (Wildman–Crippen LogP) is 4.64. The molecule has 13 heteroatoms. The van der Waals surface area contributed by atoms with Gasteiger partial charge < -0.3 is 14.4 Å². The van der Waals surface area contributed by atoms with E-state index in [1.165, 1.54) is 31.4 Å². The summed E-state index contributed by atoms with van der Waals surface area (Å²) in [6.07, 6.45) is 2.79. The molecule has 2 bridgehead atoms. The smallest absolute Gasteiger partial charge is 0.340 e. The van der Waals surface area contributed by atoms with Crippen LogP contribution in [0.1, 0.15) is 50.4 Å². The van der Waals surface area contributed by atoms with E-state index < -0.39 is 27.5 Å². The maximum absolute atomic E-state index is 13.1. The Morgan fingerprint density at radius 3 is 2.56 bits per heavy atom. The van der Waals surface area contributed by atoms with Crippen LogP contribution in [-0.2, 0) is 19.6 Å². The molecule has 2 unspecified atom stereocenters. The molecule has 1 heterocycles. The molecule has 4 rings (SSSR count). The highest BCUT2D eigenvalue weighted by Crippen LogP contribution is 2.52. The SMILES string of the molecule is COc1ccc([N+](=O)[O-])cc1NS(=O)(=O)c1ccc(Cl)c(C(=O)OCC(=O)N2CC3(C)CC2CC(C)(C)C3)c1. The summed E-state index contributed by atoms with van der Waals surface area (Å²) < 4.78 is 38.7. The molecule has 0 radical (unpaired) electrons. The van der Waals surface area contributed by atoms with Crippen molar-refractivity contribution in [1.82, 2.24) is 4.90 Å². The number of esters is 1. The normalized spacial score (nSPS) is 21.8. The quantitative estimate of drug-likeness (QED) is 0.270. The number of non-ortho nitro benzene ring substituents is 1. The van der Waals surface area contributed by atoms with Gasteiger partial charge >= 0.3 is 5.97 Å². The number of nitrogens with one attached hydrogen (secondary N) is 1. The standard InChI is InChI=1S/C26H30ClN3O8S/c1-25(2)11-17-12-26(3,14-25)15-29(17)23(31)13-38-24(32)19-10-18(6-7-20(19)27)39(35,36)28-21-9-16(30(33)34)5-8-22(21)37-4/h5-10,17,28H,11-15H2,1-4H3. The number of sulfonamides is 1. The van der Waals surface area contributed by atoms with E-state index in [-0.39, 0.29) is 55.4 Å². The van der Waals surface area contributed by atoms with Crippen molar-refractivity contribution in [3.8, 4) is 5.75 Å². The number of amides is 1. The molecule has 2 aromatic carbocycles. The molecule has 2 aliphatic rings. The summed E-state index contributed by atoms with van der Waals surface area (Å²) in [6.45, 7) is 6.65. The van der Waals surface area contributed by atoms with E-state index in [0.29, 0.717) is 6.54 Å². The third kappa shape index (κ3) is 6.11. The average molecular weight is 580 g/mol. The van der Waals surface area contributed by atoms with E-state index in [4.69, 9.17) is 21.1 Å². The number of likely N-dealkylation sites (tertiary alicyclic amines) is 1. The van der Waals surface area contributed by atoms with Gasteiger partial charge in [0.2, 0.25) is 0 Å². The average Bonchev–Trinajstić information content (AvgIpc) is 3.10. The van der Waals surface area contributed by atoms with Gasteiger partial charge in [0.15, 0.2) is 6.61 Å². The number of hydrogen-bond donors (Lipinski definition) is 1. The van der Waals surface area contributed by atoms with Crippen molar-refractivity contribution in [3.63, 3.8) is 0 Å². The van der Waals surface area contributed by atoms with Crippen molar-refractivity contribution in [2.45, 2.75) is 51.0 Å². The molecule has 2 aromatic rings. The lowest BCUT2D eigenvalue weighted by Crippen LogP contribution is -2.39. The highest BCUT2D eigenvalue weighted by molar-refractivity contribution is 7.92. The number of rotatable bonds is 8. The first-order chi connectivity index (χ1) is 18.1. The Kier molecular flexibility index (Phi) is 7.56. The Hall–Kier alpha value is -3.38. The first-order valence-corrected chi connectivity index (χ1v) is 14.1. The van der Waals surface area contributed by atoms with E-state index in [9.17, 15) is 28.1 Å². The van der Waals surface area contributed by atoms with Gasteiger partial charge in [-0.25, -0.2) is 13.2 Å². The lowest BCUT2D eigenvalue weighted by atomic mass is 9.65. The van der Waals surface area contributed by atoms with Crippen molar-refractivity contribution >= 4 is 44.9 Å². The van der Waals surface area contributed by atoms with E-state index in [1.807, 2.05) is 0 Å². The minimum absolute atomic E-state index is 0.0208. The Morgan fingerprint density at radius 1 is 1.18 bits per heavy atom. The molecule has 1 aliphatic carbocycles. The minimum atomic E-state index is -4.33. The van der Waals surface area contributed by atoms with Crippen molar-refractivity contribution in [2.75, 3.05) is 25.0 Å². The summed E-state index contributed by atoms with van der Waals surface area (Å²) in [6, 6.07) is 6.93. The fourth-order valence-corrected chi connectivity index (χ4v) is 7.24. The number of hydrogen-bond acceptors (Lipinski definition) is 8. The highest BCUT2D eigenvalue weighted by atomic mass is 35.5. The van der Waals surface area contributed by atoms with E-state index in [0.717, 1.165) is 31.4 Å². The lowest BCUT2D eigenvalue weighted by molar-refractivity contribution is -0.384. The molecule has 2 fully saturated rings. The summed E-state index contributed by atoms with van der Waals surface area (Å²) in [5.41, 5.74) is -0.618. The summed E-state index contributed by atoms with van der Waals surface area (Å²) in [7, 11) is -3.04. The zero-order chi connectivity index (χ0) is 28.8. The Bertz CT molecular complexity index is 1440. The van der Waals surface area contributed by atoms with Crippen LogP contribution in [0.5, 0.6) is 5.75 Å². The molecular weight excluding hydrogens is 550 g/mol. The number of ether oxygens (including phenoxy) is 2. The topological polar surface area (TPSA) is 145 Å². The summed E-state index contributed by atoms with van der Waals surface area (Å²) in [5, 5.41) is 11.1. The number of carbonyl (C=O) groups is 2. The summed E-state index contributed by atoms with van der Waals surface area (Å²) in [4.78, 5) is 37.7. The fraction of sp³-hybridized carbons (Fsp3) is 0.462. The van der Waals surface area contributed by atoms with Gasteiger partial charge in [-0.3, -0.25) is 19.6 Å².